The first-order chi connectivity index (χ1) is 10.7. The fraction of sp³-hybridized carbons (Fsp3) is 0.500. The van der Waals surface area contributed by atoms with Gasteiger partial charge in [0.25, 0.3) is 0 Å². The zero-order valence-corrected chi connectivity index (χ0v) is 14.4. The second kappa shape index (κ2) is 8.46. The number of nitrogens with one attached hydrogen (secondary N) is 2. The highest BCUT2D eigenvalue weighted by molar-refractivity contribution is 5.97. The van der Waals surface area contributed by atoms with Gasteiger partial charge in [-0.3, -0.25) is 14.4 Å². The summed E-state index contributed by atoms with van der Waals surface area (Å²) >= 11 is 0. The first kappa shape index (κ1) is 18.9. The van der Waals surface area contributed by atoms with E-state index in [4.69, 9.17) is 0 Å². The van der Waals surface area contributed by atoms with Crippen LogP contribution in [0, 0.1) is 12.3 Å². The molecule has 0 aliphatic heterocycles. The van der Waals surface area contributed by atoms with Crippen molar-refractivity contribution in [1.29, 1.82) is 0 Å². The van der Waals surface area contributed by atoms with Gasteiger partial charge in [-0.25, -0.2) is 0 Å². The standard InChI is InChI=1S/C18H26N2O3/c1-13-5-7-14(8-6-13)15(21)9-10-16(22)19-11-12-20-17(23)18(2,3)4/h5-8H,9-12H2,1-4H3,(H,19,22)(H,20,23). The minimum atomic E-state index is -0.440. The molecule has 0 fully saturated rings. The Morgan fingerprint density at radius 2 is 1.48 bits per heavy atom. The molecular formula is C18H26N2O3. The van der Waals surface area contributed by atoms with Crippen LogP contribution in [0.15, 0.2) is 24.3 Å². The van der Waals surface area contributed by atoms with Crippen LogP contribution in [0.4, 0.5) is 0 Å². The van der Waals surface area contributed by atoms with Crippen molar-refractivity contribution < 1.29 is 14.4 Å². The predicted molar refractivity (Wildman–Crippen MR) is 90.2 cm³/mol. The molecule has 2 amide bonds. The normalized spacial score (nSPS) is 11.0. The fourth-order valence-electron chi connectivity index (χ4n) is 1.84. The highest BCUT2D eigenvalue weighted by Crippen LogP contribution is 2.11. The summed E-state index contributed by atoms with van der Waals surface area (Å²) in [5, 5.41) is 5.45. The lowest BCUT2D eigenvalue weighted by Crippen LogP contribution is -2.39. The van der Waals surface area contributed by atoms with Gasteiger partial charge in [0.2, 0.25) is 11.8 Å². The molecule has 126 valence electrons. The quantitative estimate of drug-likeness (QED) is 0.598. The average Bonchev–Trinajstić information content (AvgIpc) is 2.48. The summed E-state index contributed by atoms with van der Waals surface area (Å²) in [4.78, 5) is 35.3. The molecule has 5 nitrogen and oxygen atoms in total. The Balaban J connectivity index is 2.23. The number of ketones is 1. The molecule has 0 atom stereocenters. The van der Waals surface area contributed by atoms with Crippen LogP contribution < -0.4 is 10.6 Å². The van der Waals surface area contributed by atoms with Gasteiger partial charge >= 0.3 is 0 Å². The van der Waals surface area contributed by atoms with Gasteiger partial charge in [-0.1, -0.05) is 50.6 Å². The third-order valence-corrected chi connectivity index (χ3v) is 3.37. The summed E-state index contributed by atoms with van der Waals surface area (Å²) in [5.41, 5.74) is 1.28. The molecule has 0 unspecified atom stereocenters. The Morgan fingerprint density at radius 1 is 0.913 bits per heavy atom. The summed E-state index contributed by atoms with van der Waals surface area (Å²) in [6.07, 6.45) is 0.336. The summed E-state index contributed by atoms with van der Waals surface area (Å²) in [5.74, 6) is -0.280. The van der Waals surface area contributed by atoms with E-state index in [2.05, 4.69) is 10.6 Å². The Bertz CT molecular complexity index is 557. The molecular weight excluding hydrogens is 292 g/mol. The third-order valence-electron chi connectivity index (χ3n) is 3.37. The highest BCUT2D eigenvalue weighted by atomic mass is 16.2. The average molecular weight is 318 g/mol. The van der Waals surface area contributed by atoms with Crippen molar-refractivity contribution in [3.8, 4) is 0 Å². The van der Waals surface area contributed by atoms with Crippen LogP contribution in [0.3, 0.4) is 0 Å². The monoisotopic (exact) mass is 318 g/mol. The van der Waals surface area contributed by atoms with Crippen molar-refractivity contribution in [2.24, 2.45) is 5.41 Å². The first-order valence-electron chi connectivity index (χ1n) is 7.85. The third kappa shape index (κ3) is 7.08. The molecule has 0 bridgehead atoms. The van der Waals surface area contributed by atoms with Gasteiger partial charge in [-0.05, 0) is 6.92 Å². The lowest BCUT2D eigenvalue weighted by Gasteiger charge is -2.17. The van der Waals surface area contributed by atoms with E-state index >= 15 is 0 Å². The number of carbonyl (C=O) groups excluding carboxylic acids is 3. The van der Waals surface area contributed by atoms with Crippen LogP contribution in [-0.2, 0) is 9.59 Å². The minimum Gasteiger partial charge on any atom is -0.354 e. The van der Waals surface area contributed by atoms with E-state index in [1.807, 2.05) is 39.8 Å². The topological polar surface area (TPSA) is 75.3 Å². The Labute approximate surface area is 137 Å². The smallest absolute Gasteiger partial charge is 0.225 e. The van der Waals surface area contributed by atoms with Crippen molar-refractivity contribution in [2.45, 2.75) is 40.5 Å². The lowest BCUT2D eigenvalue weighted by atomic mass is 9.96. The number of amides is 2. The van der Waals surface area contributed by atoms with Crippen molar-refractivity contribution in [3.63, 3.8) is 0 Å². The zero-order valence-electron chi connectivity index (χ0n) is 14.4. The summed E-state index contributed by atoms with van der Waals surface area (Å²) < 4.78 is 0. The van der Waals surface area contributed by atoms with Crippen LogP contribution in [0.2, 0.25) is 0 Å². The van der Waals surface area contributed by atoms with Gasteiger partial charge < -0.3 is 10.6 Å². The molecule has 0 spiro atoms. The maximum Gasteiger partial charge on any atom is 0.225 e. The predicted octanol–water partition coefficient (Wildman–Crippen LogP) is 2.24. The zero-order chi connectivity index (χ0) is 17.5. The molecule has 0 aliphatic rings. The fourth-order valence-corrected chi connectivity index (χ4v) is 1.84. The molecule has 1 aromatic rings. The van der Waals surface area contributed by atoms with Gasteiger partial charge in [0.1, 0.15) is 0 Å². The molecule has 0 saturated heterocycles. The number of carbonyl (C=O) groups is 3. The highest BCUT2D eigenvalue weighted by Gasteiger charge is 2.20. The summed E-state index contributed by atoms with van der Waals surface area (Å²) in [6, 6.07) is 7.31. The van der Waals surface area contributed by atoms with E-state index in [-0.39, 0.29) is 30.4 Å². The van der Waals surface area contributed by atoms with Crippen LogP contribution in [-0.4, -0.2) is 30.7 Å². The van der Waals surface area contributed by atoms with Gasteiger partial charge in [0.15, 0.2) is 5.78 Å². The Morgan fingerprint density at radius 3 is 2.04 bits per heavy atom. The van der Waals surface area contributed by atoms with Crippen LogP contribution in [0.25, 0.3) is 0 Å². The number of aryl methyl sites for hydroxylation is 1. The second-order valence-corrected chi connectivity index (χ2v) is 6.65. The molecule has 2 N–H and O–H groups in total. The Hall–Kier alpha value is -2.17. The summed E-state index contributed by atoms with van der Waals surface area (Å²) in [7, 11) is 0. The van der Waals surface area contributed by atoms with Crippen molar-refractivity contribution in [2.75, 3.05) is 13.1 Å². The first-order valence-corrected chi connectivity index (χ1v) is 7.85. The van der Waals surface area contributed by atoms with Gasteiger partial charge in [0, 0.05) is 36.9 Å². The molecule has 23 heavy (non-hydrogen) atoms. The lowest BCUT2D eigenvalue weighted by molar-refractivity contribution is -0.128. The number of hydrogen-bond acceptors (Lipinski definition) is 3. The molecule has 0 aromatic heterocycles. The second-order valence-electron chi connectivity index (χ2n) is 6.65. The van der Waals surface area contributed by atoms with Crippen molar-refractivity contribution in [1.82, 2.24) is 10.6 Å². The van der Waals surface area contributed by atoms with E-state index in [0.717, 1.165) is 5.56 Å². The van der Waals surface area contributed by atoms with Crippen LogP contribution in [0.1, 0.15) is 49.5 Å². The minimum absolute atomic E-state index is 0.0406. The van der Waals surface area contributed by atoms with Crippen LogP contribution in [0.5, 0.6) is 0 Å². The maximum absolute atomic E-state index is 12.0. The molecule has 1 aromatic carbocycles. The van der Waals surface area contributed by atoms with E-state index in [0.29, 0.717) is 18.7 Å². The van der Waals surface area contributed by atoms with Gasteiger partial charge in [0.05, 0.1) is 0 Å². The SMILES string of the molecule is Cc1ccc(C(=O)CCC(=O)NCCNC(=O)C(C)(C)C)cc1. The van der Waals surface area contributed by atoms with Gasteiger partial charge in [-0.2, -0.15) is 0 Å². The largest absolute Gasteiger partial charge is 0.354 e. The number of hydrogen-bond donors (Lipinski definition) is 2. The molecule has 5 heteroatoms. The molecule has 0 heterocycles. The van der Waals surface area contributed by atoms with Crippen molar-refractivity contribution >= 4 is 17.6 Å². The van der Waals surface area contributed by atoms with Crippen LogP contribution >= 0.6 is 0 Å². The molecule has 0 saturated carbocycles. The van der Waals surface area contributed by atoms with E-state index < -0.39 is 5.41 Å². The molecule has 1 rings (SSSR count). The van der Waals surface area contributed by atoms with Crippen molar-refractivity contribution in [3.05, 3.63) is 35.4 Å². The van der Waals surface area contributed by atoms with Gasteiger partial charge in [-0.15, -0.1) is 0 Å². The Kier molecular flexibility index (Phi) is 6.94. The van der Waals surface area contributed by atoms with E-state index in [9.17, 15) is 14.4 Å². The molecule has 0 radical (unpaired) electrons. The molecule has 0 aliphatic carbocycles. The van der Waals surface area contributed by atoms with E-state index in [1.54, 1.807) is 12.1 Å². The van der Waals surface area contributed by atoms with E-state index in [1.165, 1.54) is 0 Å². The number of benzene rings is 1. The maximum atomic E-state index is 12.0. The summed E-state index contributed by atoms with van der Waals surface area (Å²) in [6.45, 7) is 8.19. The number of Topliss-reactive ketones (excluding diaryl/α,β-unsaturated/α-hetero) is 1. The number of rotatable bonds is 7.